The van der Waals surface area contributed by atoms with Gasteiger partial charge in [-0.15, -0.1) is 0 Å². The van der Waals surface area contributed by atoms with Gasteiger partial charge in [0.15, 0.2) is 5.78 Å². The fraction of sp³-hybridized carbons (Fsp3) is 0.286. The molecule has 1 unspecified atom stereocenters. The molecule has 0 radical (unpaired) electrons. The Bertz CT molecular complexity index is 783. The summed E-state index contributed by atoms with van der Waals surface area (Å²) in [4.78, 5) is 35.9. The van der Waals surface area contributed by atoms with Crippen molar-refractivity contribution >= 4 is 17.7 Å². The Morgan fingerprint density at radius 3 is 2.15 bits per heavy atom. The summed E-state index contributed by atoms with van der Waals surface area (Å²) in [6.07, 6.45) is 0.112. The number of aryl methyl sites for hydroxylation is 1. The van der Waals surface area contributed by atoms with Crippen molar-refractivity contribution in [2.24, 2.45) is 0 Å². The molecule has 0 saturated heterocycles. The van der Waals surface area contributed by atoms with E-state index < -0.39 is 11.4 Å². The topological polar surface area (TPSA) is 83.5 Å². The molecule has 1 atom stereocenters. The molecule has 2 aromatic carbocycles. The second-order valence-corrected chi connectivity index (χ2v) is 6.57. The Kier molecular flexibility index (Phi) is 6.28. The SMILES string of the molecule is Cc1ccc(C(=O)CCC(=O)NCC(C)(C(=O)O)c2ccccc2)cc1. The molecule has 136 valence electrons. The van der Waals surface area contributed by atoms with Crippen molar-refractivity contribution in [2.45, 2.75) is 32.1 Å². The van der Waals surface area contributed by atoms with Crippen molar-refractivity contribution in [2.75, 3.05) is 6.54 Å². The standard InChI is InChI=1S/C21H23NO4/c1-15-8-10-16(11-9-15)18(23)12-13-19(24)22-14-21(2,20(25)26)17-6-4-3-5-7-17/h3-11H,12-14H2,1-2H3,(H,22,24)(H,25,26). The lowest BCUT2D eigenvalue weighted by Crippen LogP contribution is -2.44. The summed E-state index contributed by atoms with van der Waals surface area (Å²) >= 11 is 0. The van der Waals surface area contributed by atoms with Crippen molar-refractivity contribution in [1.29, 1.82) is 0 Å². The maximum atomic E-state index is 12.1. The van der Waals surface area contributed by atoms with E-state index in [1.807, 2.05) is 19.1 Å². The maximum Gasteiger partial charge on any atom is 0.315 e. The Labute approximate surface area is 153 Å². The Balaban J connectivity index is 1.91. The molecule has 0 heterocycles. The smallest absolute Gasteiger partial charge is 0.315 e. The highest BCUT2D eigenvalue weighted by Gasteiger charge is 2.35. The number of amides is 1. The minimum absolute atomic E-state index is 0.0250. The van der Waals surface area contributed by atoms with Gasteiger partial charge in [0.2, 0.25) is 5.91 Å². The zero-order valence-electron chi connectivity index (χ0n) is 15.0. The fourth-order valence-corrected chi connectivity index (χ4v) is 2.58. The molecule has 1 amide bonds. The summed E-state index contributed by atoms with van der Waals surface area (Å²) in [6.45, 7) is 3.47. The molecule has 0 spiro atoms. The van der Waals surface area contributed by atoms with Crippen LogP contribution in [0.5, 0.6) is 0 Å². The number of carbonyl (C=O) groups is 3. The average molecular weight is 353 g/mol. The van der Waals surface area contributed by atoms with Crippen LogP contribution in [0.25, 0.3) is 0 Å². The molecule has 5 heteroatoms. The van der Waals surface area contributed by atoms with E-state index in [2.05, 4.69) is 5.32 Å². The van der Waals surface area contributed by atoms with Crippen LogP contribution in [0, 0.1) is 6.92 Å². The summed E-state index contributed by atoms with van der Waals surface area (Å²) < 4.78 is 0. The van der Waals surface area contributed by atoms with Gasteiger partial charge in [0.1, 0.15) is 5.41 Å². The first-order valence-electron chi connectivity index (χ1n) is 8.48. The summed E-state index contributed by atoms with van der Waals surface area (Å²) in [5.74, 6) is -1.46. The van der Waals surface area contributed by atoms with Crippen LogP contribution >= 0.6 is 0 Å². The molecule has 2 aromatic rings. The Hall–Kier alpha value is -2.95. The summed E-state index contributed by atoms with van der Waals surface area (Å²) in [6, 6.07) is 16.0. The lowest BCUT2D eigenvalue weighted by Gasteiger charge is -2.25. The Morgan fingerprint density at radius 2 is 1.58 bits per heavy atom. The second kappa shape index (κ2) is 8.43. The lowest BCUT2D eigenvalue weighted by molar-refractivity contribution is -0.143. The normalized spacial score (nSPS) is 12.8. The number of aliphatic carboxylic acids is 1. The number of ketones is 1. The molecule has 2 N–H and O–H groups in total. The van der Waals surface area contributed by atoms with E-state index in [-0.39, 0.29) is 31.1 Å². The zero-order valence-corrected chi connectivity index (χ0v) is 15.0. The quantitative estimate of drug-likeness (QED) is 0.714. The van der Waals surface area contributed by atoms with Crippen LogP contribution in [-0.4, -0.2) is 29.3 Å². The van der Waals surface area contributed by atoms with E-state index in [1.54, 1.807) is 49.4 Å². The third-order valence-electron chi connectivity index (χ3n) is 4.47. The van der Waals surface area contributed by atoms with Gasteiger partial charge >= 0.3 is 5.97 Å². The van der Waals surface area contributed by atoms with Gasteiger partial charge < -0.3 is 10.4 Å². The number of rotatable bonds is 8. The number of carbonyl (C=O) groups excluding carboxylic acids is 2. The monoisotopic (exact) mass is 353 g/mol. The van der Waals surface area contributed by atoms with Crippen LogP contribution < -0.4 is 5.32 Å². The molecule has 26 heavy (non-hydrogen) atoms. The Morgan fingerprint density at radius 1 is 0.962 bits per heavy atom. The van der Waals surface area contributed by atoms with Crippen molar-refractivity contribution in [3.63, 3.8) is 0 Å². The highest BCUT2D eigenvalue weighted by atomic mass is 16.4. The van der Waals surface area contributed by atoms with Gasteiger partial charge in [-0.1, -0.05) is 60.2 Å². The van der Waals surface area contributed by atoms with Crippen molar-refractivity contribution in [3.05, 3.63) is 71.3 Å². The van der Waals surface area contributed by atoms with Gasteiger partial charge in [0.05, 0.1) is 0 Å². The molecule has 0 aliphatic heterocycles. The van der Waals surface area contributed by atoms with Crippen LogP contribution in [0.4, 0.5) is 0 Å². The highest BCUT2D eigenvalue weighted by Crippen LogP contribution is 2.23. The number of Topliss-reactive ketones (excluding diaryl/α,β-unsaturated/α-hetero) is 1. The first-order valence-corrected chi connectivity index (χ1v) is 8.48. The third kappa shape index (κ3) is 4.79. The predicted molar refractivity (Wildman–Crippen MR) is 99.2 cm³/mol. The van der Waals surface area contributed by atoms with Gasteiger partial charge in [0.25, 0.3) is 0 Å². The van der Waals surface area contributed by atoms with E-state index in [4.69, 9.17) is 0 Å². The first kappa shape index (κ1) is 19.4. The third-order valence-corrected chi connectivity index (χ3v) is 4.47. The molecule has 0 aliphatic carbocycles. The highest BCUT2D eigenvalue weighted by molar-refractivity contribution is 5.98. The molecule has 0 bridgehead atoms. The van der Waals surface area contributed by atoms with Gasteiger partial charge in [-0.3, -0.25) is 14.4 Å². The number of benzene rings is 2. The van der Waals surface area contributed by atoms with Gasteiger partial charge in [0, 0.05) is 24.9 Å². The predicted octanol–water partition coefficient (Wildman–Crippen LogP) is 3.12. The molecule has 2 rings (SSSR count). The molecule has 5 nitrogen and oxygen atoms in total. The van der Waals surface area contributed by atoms with Gasteiger partial charge in [-0.25, -0.2) is 0 Å². The molecule has 0 saturated carbocycles. The summed E-state index contributed by atoms with van der Waals surface area (Å²) in [5.41, 5.74) is 1.03. The van der Waals surface area contributed by atoms with Gasteiger partial charge in [-0.2, -0.15) is 0 Å². The van der Waals surface area contributed by atoms with Crippen LogP contribution in [0.15, 0.2) is 54.6 Å². The number of carboxylic acids is 1. The van der Waals surface area contributed by atoms with Crippen LogP contribution in [0.2, 0.25) is 0 Å². The fourth-order valence-electron chi connectivity index (χ4n) is 2.58. The van der Waals surface area contributed by atoms with Crippen molar-refractivity contribution in [3.8, 4) is 0 Å². The van der Waals surface area contributed by atoms with Crippen LogP contribution in [-0.2, 0) is 15.0 Å². The van der Waals surface area contributed by atoms with Crippen LogP contribution in [0.3, 0.4) is 0 Å². The van der Waals surface area contributed by atoms with E-state index in [0.717, 1.165) is 5.56 Å². The number of nitrogens with one attached hydrogen (secondary N) is 1. The second-order valence-electron chi connectivity index (χ2n) is 6.57. The first-order chi connectivity index (χ1) is 12.3. The van der Waals surface area contributed by atoms with E-state index >= 15 is 0 Å². The van der Waals surface area contributed by atoms with Crippen LogP contribution in [0.1, 0.15) is 41.3 Å². The molecule has 0 aliphatic rings. The summed E-state index contributed by atoms with van der Waals surface area (Å²) in [7, 11) is 0. The molecular weight excluding hydrogens is 330 g/mol. The summed E-state index contributed by atoms with van der Waals surface area (Å²) in [5, 5.41) is 12.2. The minimum Gasteiger partial charge on any atom is -0.481 e. The molecular formula is C21H23NO4. The largest absolute Gasteiger partial charge is 0.481 e. The van der Waals surface area contributed by atoms with Crippen molar-refractivity contribution in [1.82, 2.24) is 5.32 Å². The van der Waals surface area contributed by atoms with E-state index in [9.17, 15) is 19.5 Å². The minimum atomic E-state index is -1.22. The molecule has 0 aromatic heterocycles. The zero-order chi connectivity index (χ0) is 19.2. The number of hydrogen-bond donors (Lipinski definition) is 2. The van der Waals surface area contributed by atoms with Gasteiger partial charge in [-0.05, 0) is 19.4 Å². The average Bonchev–Trinajstić information content (AvgIpc) is 2.65. The maximum absolute atomic E-state index is 12.1. The number of hydrogen-bond acceptors (Lipinski definition) is 3. The lowest BCUT2D eigenvalue weighted by atomic mass is 9.82. The number of carboxylic acid groups (broad SMARTS) is 1. The van der Waals surface area contributed by atoms with Crippen molar-refractivity contribution < 1.29 is 19.5 Å². The van der Waals surface area contributed by atoms with E-state index in [0.29, 0.717) is 11.1 Å². The molecule has 0 fully saturated rings. The van der Waals surface area contributed by atoms with E-state index in [1.165, 1.54) is 0 Å².